The molecule has 0 saturated heterocycles. The summed E-state index contributed by atoms with van der Waals surface area (Å²) in [6, 6.07) is 0. The zero-order chi connectivity index (χ0) is 7.40. The Morgan fingerprint density at radius 3 is 3.20 bits per heavy atom. The Balaban J connectivity index is 3.00. The van der Waals surface area contributed by atoms with Gasteiger partial charge in [0.1, 0.15) is 0 Å². The second-order valence-corrected chi connectivity index (χ2v) is 1.80. The molecular formula is C7H9N3. The fraction of sp³-hybridized carbons (Fsp3) is 0.143. The molecule has 3 heteroatoms. The normalized spacial score (nSPS) is 10.5. The first-order valence-electron chi connectivity index (χ1n) is 3.01. The third kappa shape index (κ3) is 1.13. The van der Waals surface area contributed by atoms with Gasteiger partial charge in [-0.15, -0.1) is 0 Å². The number of nitrogens with zero attached hydrogens (tertiary/aromatic N) is 2. The van der Waals surface area contributed by atoms with Crippen LogP contribution in [0.15, 0.2) is 17.4 Å². The van der Waals surface area contributed by atoms with E-state index in [2.05, 4.69) is 21.7 Å². The number of aromatic nitrogens is 2. The maximum atomic E-state index is 3.92. The number of imidazole rings is 1. The predicted molar refractivity (Wildman–Crippen MR) is 42.5 cm³/mol. The van der Waals surface area contributed by atoms with Crippen molar-refractivity contribution in [2.45, 2.75) is 6.92 Å². The van der Waals surface area contributed by atoms with Crippen LogP contribution in [0.25, 0.3) is 6.08 Å². The highest BCUT2D eigenvalue weighted by Crippen LogP contribution is 2.13. The quantitative estimate of drug-likeness (QED) is 0.617. The summed E-state index contributed by atoms with van der Waals surface area (Å²) in [4.78, 5) is 10.5. The molecule has 0 radical (unpaired) electrons. The van der Waals surface area contributed by atoms with E-state index in [1.165, 1.54) is 0 Å². The van der Waals surface area contributed by atoms with Crippen LogP contribution in [0.4, 0.5) is 5.82 Å². The number of hydrogen-bond donors (Lipinski definition) is 1. The minimum Gasteiger partial charge on any atom is -0.343 e. The van der Waals surface area contributed by atoms with E-state index in [0.29, 0.717) is 5.82 Å². The number of allylic oxidation sites excluding steroid dienone is 1. The standard InChI is InChI=1S/C7H9N3/c1-3-4-6-7(8-2)10-5-9-6/h3-5H,2H2,1H3,(H,9,10)/b4-3-. The Morgan fingerprint density at radius 1 is 1.80 bits per heavy atom. The Bertz CT molecular complexity index is 247. The molecule has 3 nitrogen and oxygen atoms in total. The van der Waals surface area contributed by atoms with Crippen LogP contribution < -0.4 is 0 Å². The van der Waals surface area contributed by atoms with Crippen molar-refractivity contribution < 1.29 is 0 Å². The lowest BCUT2D eigenvalue weighted by Gasteiger charge is -1.85. The summed E-state index contributed by atoms with van der Waals surface area (Å²) in [6.45, 7) is 5.32. The molecule has 0 aliphatic rings. The van der Waals surface area contributed by atoms with Crippen molar-refractivity contribution in [3.63, 3.8) is 0 Å². The molecule has 52 valence electrons. The summed E-state index contributed by atoms with van der Waals surface area (Å²) in [6.07, 6.45) is 5.42. The number of H-pyrrole nitrogens is 1. The SMILES string of the molecule is C=Nc1nc[nH]c1/C=C\C. The topological polar surface area (TPSA) is 41.0 Å². The lowest BCUT2D eigenvalue weighted by molar-refractivity contribution is 1.30. The van der Waals surface area contributed by atoms with E-state index in [-0.39, 0.29) is 0 Å². The van der Waals surface area contributed by atoms with Crippen molar-refractivity contribution >= 4 is 18.6 Å². The van der Waals surface area contributed by atoms with Crippen molar-refractivity contribution in [1.82, 2.24) is 9.97 Å². The van der Waals surface area contributed by atoms with Crippen LogP contribution in [0.3, 0.4) is 0 Å². The summed E-state index contributed by atoms with van der Waals surface area (Å²) in [5, 5.41) is 0. The lowest BCUT2D eigenvalue weighted by Crippen LogP contribution is -1.68. The van der Waals surface area contributed by atoms with Crippen LogP contribution >= 0.6 is 0 Å². The van der Waals surface area contributed by atoms with Crippen LogP contribution in [0.1, 0.15) is 12.6 Å². The number of rotatable bonds is 2. The molecule has 1 rings (SSSR count). The van der Waals surface area contributed by atoms with E-state index in [0.717, 1.165) is 5.69 Å². The van der Waals surface area contributed by atoms with E-state index >= 15 is 0 Å². The average molecular weight is 135 g/mol. The predicted octanol–water partition coefficient (Wildman–Crippen LogP) is 1.77. The van der Waals surface area contributed by atoms with Crippen molar-refractivity contribution in [1.29, 1.82) is 0 Å². The van der Waals surface area contributed by atoms with Gasteiger partial charge in [0.25, 0.3) is 0 Å². The minimum atomic E-state index is 0.651. The molecule has 0 spiro atoms. The van der Waals surface area contributed by atoms with Gasteiger partial charge in [0.15, 0.2) is 5.82 Å². The largest absolute Gasteiger partial charge is 0.343 e. The number of aromatic amines is 1. The fourth-order valence-corrected chi connectivity index (χ4v) is 0.712. The summed E-state index contributed by atoms with van der Waals surface area (Å²) < 4.78 is 0. The zero-order valence-electron chi connectivity index (χ0n) is 5.83. The first-order chi connectivity index (χ1) is 4.88. The Morgan fingerprint density at radius 2 is 2.60 bits per heavy atom. The molecule has 0 fully saturated rings. The van der Waals surface area contributed by atoms with Gasteiger partial charge in [-0.3, -0.25) is 0 Å². The fourth-order valence-electron chi connectivity index (χ4n) is 0.712. The van der Waals surface area contributed by atoms with Gasteiger partial charge >= 0.3 is 0 Å². The van der Waals surface area contributed by atoms with Gasteiger partial charge in [-0.2, -0.15) is 0 Å². The summed E-state index contributed by atoms with van der Waals surface area (Å²) >= 11 is 0. The van der Waals surface area contributed by atoms with E-state index in [4.69, 9.17) is 0 Å². The zero-order valence-corrected chi connectivity index (χ0v) is 5.83. The molecule has 0 aromatic carbocycles. The molecule has 0 aliphatic carbocycles. The van der Waals surface area contributed by atoms with Gasteiger partial charge in [0.05, 0.1) is 12.0 Å². The van der Waals surface area contributed by atoms with E-state index in [1.807, 2.05) is 19.1 Å². The third-order valence-corrected chi connectivity index (χ3v) is 1.13. The number of nitrogens with one attached hydrogen (secondary N) is 1. The van der Waals surface area contributed by atoms with Crippen LogP contribution in [-0.2, 0) is 0 Å². The molecule has 0 aliphatic heterocycles. The second kappa shape index (κ2) is 2.96. The highest BCUT2D eigenvalue weighted by atomic mass is 15.0. The molecule has 1 aromatic heterocycles. The van der Waals surface area contributed by atoms with Crippen molar-refractivity contribution in [3.05, 3.63) is 18.1 Å². The maximum Gasteiger partial charge on any atom is 0.176 e. The molecule has 0 unspecified atom stereocenters. The monoisotopic (exact) mass is 135 g/mol. The number of aliphatic imine (C=N–C) groups is 1. The third-order valence-electron chi connectivity index (χ3n) is 1.13. The summed E-state index contributed by atoms with van der Waals surface area (Å²) in [5.74, 6) is 0.651. The van der Waals surface area contributed by atoms with Crippen molar-refractivity contribution in [2.75, 3.05) is 0 Å². The Kier molecular flexibility index (Phi) is 1.99. The molecule has 0 saturated carbocycles. The lowest BCUT2D eigenvalue weighted by atomic mass is 10.4. The van der Waals surface area contributed by atoms with Crippen LogP contribution in [0.5, 0.6) is 0 Å². The molecular weight excluding hydrogens is 126 g/mol. The average Bonchev–Trinajstić information content (AvgIpc) is 2.36. The van der Waals surface area contributed by atoms with Crippen LogP contribution in [-0.4, -0.2) is 16.7 Å². The first-order valence-corrected chi connectivity index (χ1v) is 3.01. The maximum absolute atomic E-state index is 3.92. The Labute approximate surface area is 59.5 Å². The van der Waals surface area contributed by atoms with Crippen molar-refractivity contribution in [3.8, 4) is 0 Å². The molecule has 1 N–H and O–H groups in total. The van der Waals surface area contributed by atoms with Gasteiger partial charge in [0, 0.05) is 0 Å². The molecule has 0 bridgehead atoms. The Hall–Kier alpha value is -1.38. The van der Waals surface area contributed by atoms with Gasteiger partial charge in [-0.1, -0.05) is 6.08 Å². The molecule has 1 heterocycles. The van der Waals surface area contributed by atoms with Gasteiger partial charge in [-0.05, 0) is 19.7 Å². The van der Waals surface area contributed by atoms with E-state index in [9.17, 15) is 0 Å². The molecule has 0 atom stereocenters. The van der Waals surface area contributed by atoms with Crippen LogP contribution in [0.2, 0.25) is 0 Å². The van der Waals surface area contributed by atoms with Gasteiger partial charge in [0.2, 0.25) is 0 Å². The van der Waals surface area contributed by atoms with Gasteiger partial charge in [-0.25, -0.2) is 9.98 Å². The first kappa shape index (κ1) is 6.74. The summed E-state index contributed by atoms with van der Waals surface area (Å²) in [7, 11) is 0. The van der Waals surface area contributed by atoms with Crippen LogP contribution in [0, 0.1) is 0 Å². The molecule has 0 amide bonds. The smallest absolute Gasteiger partial charge is 0.176 e. The highest BCUT2D eigenvalue weighted by Gasteiger charge is 1.95. The highest BCUT2D eigenvalue weighted by molar-refractivity contribution is 5.58. The molecule has 10 heavy (non-hydrogen) atoms. The minimum absolute atomic E-state index is 0.651. The molecule has 1 aromatic rings. The summed E-state index contributed by atoms with van der Waals surface area (Å²) in [5.41, 5.74) is 0.900. The van der Waals surface area contributed by atoms with E-state index < -0.39 is 0 Å². The number of hydrogen-bond acceptors (Lipinski definition) is 2. The second-order valence-electron chi connectivity index (χ2n) is 1.80. The van der Waals surface area contributed by atoms with Crippen molar-refractivity contribution in [2.24, 2.45) is 4.99 Å². The van der Waals surface area contributed by atoms with E-state index in [1.54, 1.807) is 6.33 Å². The van der Waals surface area contributed by atoms with Gasteiger partial charge < -0.3 is 4.98 Å².